The number of amides is 1. The van der Waals surface area contributed by atoms with Crippen molar-refractivity contribution >= 4 is 5.91 Å². The third-order valence-corrected chi connectivity index (χ3v) is 4.21. The third-order valence-electron chi connectivity index (χ3n) is 4.21. The first kappa shape index (κ1) is 11.9. The van der Waals surface area contributed by atoms with E-state index in [2.05, 4.69) is 13.8 Å². The van der Waals surface area contributed by atoms with E-state index in [1.54, 1.807) is 0 Å². The van der Waals surface area contributed by atoms with Crippen LogP contribution in [0, 0.1) is 5.41 Å². The molecule has 0 unspecified atom stereocenters. The minimum absolute atomic E-state index is 0.0985. The minimum atomic E-state index is -0.287. The quantitative estimate of drug-likeness (QED) is 0.741. The number of hydrogen-bond acceptors (Lipinski definition) is 2. The number of nitrogens with zero attached hydrogens (tertiary/aromatic N) is 1. The molecular weight excluding hydrogens is 202 g/mol. The second kappa shape index (κ2) is 4.36. The van der Waals surface area contributed by atoms with Gasteiger partial charge in [0.05, 0.1) is 12.1 Å². The van der Waals surface area contributed by atoms with E-state index in [-0.39, 0.29) is 23.5 Å². The second-order valence-electron chi connectivity index (χ2n) is 6.07. The summed E-state index contributed by atoms with van der Waals surface area (Å²) in [6.07, 6.45) is 5.29. The van der Waals surface area contributed by atoms with Gasteiger partial charge >= 0.3 is 0 Å². The highest BCUT2D eigenvalue weighted by atomic mass is 16.3. The zero-order chi connectivity index (χ0) is 11.8. The van der Waals surface area contributed by atoms with E-state index in [4.69, 9.17) is 0 Å². The lowest BCUT2D eigenvalue weighted by Gasteiger charge is -2.30. The molecule has 1 N–H and O–H groups in total. The van der Waals surface area contributed by atoms with Crippen molar-refractivity contribution in [3.8, 4) is 0 Å². The van der Waals surface area contributed by atoms with Crippen LogP contribution in [0.4, 0.5) is 0 Å². The van der Waals surface area contributed by atoms with Crippen LogP contribution in [-0.2, 0) is 4.79 Å². The summed E-state index contributed by atoms with van der Waals surface area (Å²) in [5.74, 6) is 0.247. The molecule has 2 fully saturated rings. The van der Waals surface area contributed by atoms with Crippen LogP contribution in [0.2, 0.25) is 0 Å². The van der Waals surface area contributed by atoms with Crippen LogP contribution in [0.5, 0.6) is 0 Å². The Bertz CT molecular complexity index is 275. The summed E-state index contributed by atoms with van der Waals surface area (Å²) in [4.78, 5) is 14.0. The minimum Gasteiger partial charge on any atom is -0.391 e. The highest BCUT2D eigenvalue weighted by molar-refractivity contribution is 5.77. The summed E-state index contributed by atoms with van der Waals surface area (Å²) in [5.41, 5.74) is 0.272. The van der Waals surface area contributed by atoms with E-state index in [9.17, 15) is 9.90 Å². The number of hydrogen-bond donors (Lipinski definition) is 1. The van der Waals surface area contributed by atoms with Crippen molar-refractivity contribution in [3.05, 3.63) is 0 Å². The Morgan fingerprint density at radius 3 is 2.69 bits per heavy atom. The van der Waals surface area contributed by atoms with Crippen LogP contribution in [0.15, 0.2) is 0 Å². The molecule has 2 rings (SSSR count). The SMILES string of the molecule is CC1(C)CCC(=O)N([C@H]2CCC[C@@H]2O)CC1. The average Bonchev–Trinajstić information content (AvgIpc) is 2.57. The van der Waals surface area contributed by atoms with E-state index in [0.717, 1.165) is 38.6 Å². The van der Waals surface area contributed by atoms with Gasteiger partial charge in [0.25, 0.3) is 0 Å². The predicted octanol–water partition coefficient (Wildman–Crippen LogP) is 1.94. The molecule has 2 aliphatic rings. The van der Waals surface area contributed by atoms with Gasteiger partial charge in [0.2, 0.25) is 5.91 Å². The average molecular weight is 225 g/mol. The summed E-state index contributed by atoms with van der Waals surface area (Å²) >= 11 is 0. The van der Waals surface area contributed by atoms with Gasteiger partial charge in [-0.05, 0) is 37.5 Å². The number of carbonyl (C=O) groups is 1. The van der Waals surface area contributed by atoms with Gasteiger partial charge in [0.1, 0.15) is 0 Å². The zero-order valence-corrected chi connectivity index (χ0v) is 10.4. The molecule has 1 saturated carbocycles. The van der Waals surface area contributed by atoms with Crippen LogP contribution in [0.3, 0.4) is 0 Å². The van der Waals surface area contributed by atoms with Crippen molar-refractivity contribution < 1.29 is 9.90 Å². The van der Waals surface area contributed by atoms with Crippen LogP contribution >= 0.6 is 0 Å². The number of aliphatic hydroxyl groups excluding tert-OH is 1. The molecule has 0 spiro atoms. The Morgan fingerprint density at radius 1 is 1.31 bits per heavy atom. The van der Waals surface area contributed by atoms with Crippen molar-refractivity contribution in [3.63, 3.8) is 0 Å². The Morgan fingerprint density at radius 2 is 2.06 bits per heavy atom. The molecule has 1 amide bonds. The van der Waals surface area contributed by atoms with Gasteiger partial charge in [-0.2, -0.15) is 0 Å². The first-order valence-electron chi connectivity index (χ1n) is 6.47. The molecule has 3 nitrogen and oxygen atoms in total. The molecule has 1 heterocycles. The van der Waals surface area contributed by atoms with Gasteiger partial charge < -0.3 is 10.0 Å². The zero-order valence-electron chi connectivity index (χ0n) is 10.4. The number of aliphatic hydroxyl groups is 1. The highest BCUT2D eigenvalue weighted by Gasteiger charge is 2.36. The Labute approximate surface area is 97.8 Å². The Balaban J connectivity index is 2.06. The molecule has 2 atom stereocenters. The maximum atomic E-state index is 12.0. The first-order valence-corrected chi connectivity index (χ1v) is 6.47. The lowest BCUT2D eigenvalue weighted by molar-refractivity contribution is -0.134. The van der Waals surface area contributed by atoms with Gasteiger partial charge in [-0.1, -0.05) is 13.8 Å². The fourth-order valence-electron chi connectivity index (χ4n) is 2.90. The Kier molecular flexibility index (Phi) is 3.24. The lowest BCUT2D eigenvalue weighted by atomic mass is 9.85. The molecule has 1 aliphatic carbocycles. The number of rotatable bonds is 1. The fraction of sp³-hybridized carbons (Fsp3) is 0.923. The van der Waals surface area contributed by atoms with Crippen molar-refractivity contribution in [1.82, 2.24) is 4.90 Å². The molecule has 0 bridgehead atoms. The Hall–Kier alpha value is -0.570. The van der Waals surface area contributed by atoms with E-state index in [0.29, 0.717) is 6.42 Å². The lowest BCUT2D eigenvalue weighted by Crippen LogP contribution is -2.44. The molecular formula is C13H23NO2. The monoisotopic (exact) mass is 225 g/mol. The van der Waals surface area contributed by atoms with Crippen LogP contribution in [-0.4, -0.2) is 34.6 Å². The smallest absolute Gasteiger partial charge is 0.222 e. The molecule has 0 aromatic rings. The summed E-state index contributed by atoms with van der Waals surface area (Å²) < 4.78 is 0. The molecule has 0 radical (unpaired) electrons. The molecule has 1 saturated heterocycles. The maximum Gasteiger partial charge on any atom is 0.222 e. The van der Waals surface area contributed by atoms with E-state index < -0.39 is 0 Å². The largest absolute Gasteiger partial charge is 0.391 e. The fourth-order valence-corrected chi connectivity index (χ4v) is 2.90. The summed E-state index contributed by atoms with van der Waals surface area (Å²) in [6.45, 7) is 5.29. The maximum absolute atomic E-state index is 12.0. The number of carbonyl (C=O) groups excluding carboxylic acids is 1. The van der Waals surface area contributed by atoms with Crippen molar-refractivity contribution in [1.29, 1.82) is 0 Å². The summed E-state index contributed by atoms with van der Waals surface area (Å²) in [7, 11) is 0. The molecule has 16 heavy (non-hydrogen) atoms. The van der Waals surface area contributed by atoms with Gasteiger partial charge in [-0.15, -0.1) is 0 Å². The molecule has 3 heteroatoms. The topological polar surface area (TPSA) is 40.5 Å². The normalized spacial score (nSPS) is 35.2. The standard InChI is InChI=1S/C13H23NO2/c1-13(2)7-6-12(16)14(9-8-13)10-4-3-5-11(10)15/h10-11,15H,3-9H2,1-2H3/t10-,11-/m0/s1. The molecule has 92 valence electrons. The molecule has 1 aliphatic heterocycles. The third kappa shape index (κ3) is 2.40. The summed E-state index contributed by atoms with van der Waals surface area (Å²) in [5, 5.41) is 9.89. The second-order valence-corrected chi connectivity index (χ2v) is 6.07. The van der Waals surface area contributed by atoms with E-state index >= 15 is 0 Å². The summed E-state index contributed by atoms with van der Waals surface area (Å²) in [6, 6.07) is 0.0985. The van der Waals surface area contributed by atoms with E-state index in [1.807, 2.05) is 4.90 Å². The molecule has 0 aromatic heterocycles. The highest BCUT2D eigenvalue weighted by Crippen LogP contribution is 2.33. The van der Waals surface area contributed by atoms with Gasteiger partial charge in [0, 0.05) is 13.0 Å². The van der Waals surface area contributed by atoms with Crippen molar-refractivity contribution in [2.45, 2.75) is 64.5 Å². The van der Waals surface area contributed by atoms with Crippen LogP contribution in [0.25, 0.3) is 0 Å². The number of likely N-dealkylation sites (tertiary alicyclic amines) is 1. The molecule has 0 aromatic carbocycles. The van der Waals surface area contributed by atoms with Crippen LogP contribution in [0.1, 0.15) is 52.4 Å². The van der Waals surface area contributed by atoms with Crippen LogP contribution < -0.4 is 0 Å². The van der Waals surface area contributed by atoms with Crippen molar-refractivity contribution in [2.24, 2.45) is 5.41 Å². The van der Waals surface area contributed by atoms with Crippen molar-refractivity contribution in [2.75, 3.05) is 6.54 Å². The van der Waals surface area contributed by atoms with Gasteiger partial charge in [-0.25, -0.2) is 0 Å². The van der Waals surface area contributed by atoms with Gasteiger partial charge in [0.15, 0.2) is 0 Å². The first-order chi connectivity index (χ1) is 7.49. The van der Waals surface area contributed by atoms with E-state index in [1.165, 1.54) is 0 Å². The predicted molar refractivity (Wildman–Crippen MR) is 63.0 cm³/mol. The van der Waals surface area contributed by atoms with Gasteiger partial charge in [-0.3, -0.25) is 4.79 Å².